The Kier molecular flexibility index (Phi) is 10.5. The number of carbonyl (C=O) groups is 2. The molecule has 2 aromatic rings. The van der Waals surface area contributed by atoms with E-state index in [9.17, 15) is 14.4 Å². The summed E-state index contributed by atoms with van der Waals surface area (Å²) >= 11 is 0. The molecule has 2 atom stereocenters. The molecule has 36 heavy (non-hydrogen) atoms. The molecule has 1 aromatic carbocycles. The number of hydrazine groups is 1. The number of rotatable bonds is 14. The highest BCUT2D eigenvalue weighted by Crippen LogP contribution is 2.28. The van der Waals surface area contributed by atoms with Gasteiger partial charge in [0.15, 0.2) is 0 Å². The van der Waals surface area contributed by atoms with Gasteiger partial charge in [0.1, 0.15) is 11.1 Å². The third-order valence-electron chi connectivity index (χ3n) is 7.34. The zero-order valence-electron chi connectivity index (χ0n) is 22.5. The van der Waals surface area contributed by atoms with Crippen LogP contribution in [0.15, 0.2) is 33.5 Å². The lowest BCUT2D eigenvalue weighted by Gasteiger charge is -2.32. The maximum Gasteiger partial charge on any atom is 0.349 e. The zero-order valence-corrected chi connectivity index (χ0v) is 22.5. The van der Waals surface area contributed by atoms with E-state index in [1.807, 2.05) is 45.9 Å². The number of amides is 2. The van der Waals surface area contributed by atoms with E-state index in [1.54, 1.807) is 6.07 Å². The Bertz CT molecular complexity index is 1100. The van der Waals surface area contributed by atoms with Gasteiger partial charge in [-0.05, 0) is 64.7 Å². The van der Waals surface area contributed by atoms with E-state index in [0.29, 0.717) is 43.4 Å². The van der Waals surface area contributed by atoms with Gasteiger partial charge in [-0.3, -0.25) is 15.0 Å². The first-order valence-electron chi connectivity index (χ1n) is 12.8. The molecule has 2 amide bonds. The maximum absolute atomic E-state index is 12.8. The summed E-state index contributed by atoms with van der Waals surface area (Å²) < 4.78 is 11.6. The topological polar surface area (TPSA) is 127 Å². The minimum atomic E-state index is -0.664. The average molecular weight is 503 g/mol. The summed E-state index contributed by atoms with van der Waals surface area (Å²) in [6.07, 6.45) is 2.45. The van der Waals surface area contributed by atoms with Crippen LogP contribution in [0.3, 0.4) is 0 Å². The van der Waals surface area contributed by atoms with Crippen molar-refractivity contribution in [2.75, 3.05) is 31.1 Å². The molecule has 0 saturated heterocycles. The number of nitrogens with zero attached hydrogens (tertiary/aromatic N) is 1. The first-order chi connectivity index (χ1) is 17.1. The van der Waals surface area contributed by atoms with Gasteiger partial charge in [-0.2, -0.15) is 0 Å². The molecule has 2 rings (SSSR count). The molecule has 200 valence electrons. The molecule has 0 fully saturated rings. The number of hydrogen-bond donors (Lipinski definition) is 3. The highest BCUT2D eigenvalue weighted by atomic mass is 16.5. The number of nitrogens with one attached hydrogen (secondary N) is 2. The van der Waals surface area contributed by atoms with E-state index in [-0.39, 0.29) is 11.5 Å². The monoisotopic (exact) mass is 502 g/mol. The Morgan fingerprint density at radius 2 is 1.75 bits per heavy atom. The normalized spacial score (nSPS) is 14.6. The van der Waals surface area contributed by atoms with Crippen LogP contribution in [0.25, 0.3) is 11.0 Å². The molecule has 0 aliphatic heterocycles. The van der Waals surface area contributed by atoms with E-state index in [4.69, 9.17) is 15.0 Å². The van der Waals surface area contributed by atoms with Crippen LogP contribution in [0.2, 0.25) is 0 Å². The van der Waals surface area contributed by atoms with Crippen LogP contribution in [-0.2, 0) is 9.53 Å². The lowest BCUT2D eigenvalue weighted by atomic mass is 9.83. The van der Waals surface area contributed by atoms with Gasteiger partial charge in [-0.1, -0.05) is 20.8 Å². The van der Waals surface area contributed by atoms with E-state index < -0.39 is 22.5 Å². The van der Waals surface area contributed by atoms with Gasteiger partial charge in [0.05, 0.1) is 5.60 Å². The van der Waals surface area contributed by atoms with E-state index >= 15 is 0 Å². The van der Waals surface area contributed by atoms with Crippen LogP contribution < -0.4 is 27.1 Å². The SMILES string of the molecule is CCN(CC)c1ccc2cc(C(=O)NCCC(C)(CC)OCCC(C)(CC)C(=O)NN)c(=O)oc2c1. The predicted octanol–water partition coefficient (Wildman–Crippen LogP) is 3.74. The number of nitrogens with two attached hydrogens (primary N) is 1. The van der Waals surface area contributed by atoms with Crippen LogP contribution in [0.1, 0.15) is 77.6 Å². The molecule has 1 heterocycles. The van der Waals surface area contributed by atoms with Gasteiger partial charge in [0.2, 0.25) is 5.91 Å². The number of anilines is 1. The van der Waals surface area contributed by atoms with E-state index in [0.717, 1.165) is 25.2 Å². The van der Waals surface area contributed by atoms with Gasteiger partial charge in [-0.15, -0.1) is 0 Å². The second-order valence-electron chi connectivity index (χ2n) is 9.64. The Labute approximate surface area is 213 Å². The third kappa shape index (κ3) is 7.07. The smallest absolute Gasteiger partial charge is 0.349 e. The Morgan fingerprint density at radius 3 is 2.33 bits per heavy atom. The third-order valence-corrected chi connectivity index (χ3v) is 7.34. The van der Waals surface area contributed by atoms with Gasteiger partial charge in [0.25, 0.3) is 5.91 Å². The van der Waals surface area contributed by atoms with Crippen LogP contribution in [0.4, 0.5) is 5.69 Å². The second kappa shape index (κ2) is 12.9. The Hall–Kier alpha value is -2.91. The molecule has 4 N–H and O–H groups in total. The Morgan fingerprint density at radius 1 is 1.06 bits per heavy atom. The molecule has 9 nitrogen and oxygen atoms in total. The van der Waals surface area contributed by atoms with Gasteiger partial charge in [0, 0.05) is 48.8 Å². The van der Waals surface area contributed by atoms with Crippen LogP contribution in [-0.4, -0.2) is 43.7 Å². The van der Waals surface area contributed by atoms with Gasteiger partial charge < -0.3 is 19.4 Å². The van der Waals surface area contributed by atoms with Crippen molar-refractivity contribution in [3.8, 4) is 0 Å². The molecule has 0 bridgehead atoms. The molecule has 1 aromatic heterocycles. The van der Waals surface area contributed by atoms with Crippen LogP contribution >= 0.6 is 0 Å². The molecule has 0 spiro atoms. The van der Waals surface area contributed by atoms with Crippen molar-refractivity contribution in [1.82, 2.24) is 10.7 Å². The fourth-order valence-corrected chi connectivity index (χ4v) is 4.08. The number of carbonyl (C=O) groups excluding carboxylic acids is 2. The lowest BCUT2D eigenvalue weighted by molar-refractivity contribution is -0.133. The number of fused-ring (bicyclic) bond motifs is 1. The summed E-state index contributed by atoms with van der Waals surface area (Å²) in [6, 6.07) is 7.23. The average Bonchev–Trinajstić information content (AvgIpc) is 2.88. The van der Waals surface area contributed by atoms with E-state index in [1.165, 1.54) is 0 Å². The number of hydrogen-bond acceptors (Lipinski definition) is 7. The second-order valence-corrected chi connectivity index (χ2v) is 9.64. The fourth-order valence-electron chi connectivity index (χ4n) is 4.08. The predicted molar refractivity (Wildman–Crippen MR) is 143 cm³/mol. The molecule has 0 radical (unpaired) electrons. The molecule has 0 aliphatic carbocycles. The van der Waals surface area contributed by atoms with Crippen molar-refractivity contribution >= 4 is 28.5 Å². The molecular weight excluding hydrogens is 460 g/mol. The molecule has 9 heteroatoms. The molecule has 0 aliphatic rings. The van der Waals surface area contributed by atoms with Crippen molar-refractivity contribution in [1.29, 1.82) is 0 Å². The van der Waals surface area contributed by atoms with Gasteiger partial charge >= 0.3 is 5.63 Å². The minimum absolute atomic E-state index is 0.0243. The lowest BCUT2D eigenvalue weighted by Crippen LogP contribution is -2.43. The molecule has 0 saturated carbocycles. The van der Waals surface area contributed by atoms with Gasteiger partial charge in [-0.25, -0.2) is 10.6 Å². The largest absolute Gasteiger partial charge is 0.422 e. The maximum atomic E-state index is 12.8. The Balaban J connectivity index is 2.01. The summed E-state index contributed by atoms with van der Waals surface area (Å²) in [5.41, 5.74) is 1.87. The summed E-state index contributed by atoms with van der Waals surface area (Å²) in [4.78, 5) is 39.6. The van der Waals surface area contributed by atoms with Crippen molar-refractivity contribution in [3.63, 3.8) is 0 Å². The minimum Gasteiger partial charge on any atom is -0.422 e. The highest BCUT2D eigenvalue weighted by Gasteiger charge is 2.32. The fraction of sp³-hybridized carbons (Fsp3) is 0.593. The number of ether oxygens (including phenoxy) is 1. The first kappa shape index (κ1) is 29.3. The summed E-state index contributed by atoms with van der Waals surface area (Å²) in [6.45, 7) is 14.3. The number of benzene rings is 1. The first-order valence-corrected chi connectivity index (χ1v) is 12.8. The molecule has 2 unspecified atom stereocenters. The van der Waals surface area contributed by atoms with E-state index in [2.05, 4.69) is 29.5 Å². The molecular formula is C27H42N4O5. The van der Waals surface area contributed by atoms with Crippen molar-refractivity contribution in [2.45, 2.75) is 72.8 Å². The quantitative estimate of drug-likeness (QED) is 0.155. The summed E-state index contributed by atoms with van der Waals surface area (Å²) in [5, 5.41) is 3.51. The standard InChI is InChI=1S/C27H42N4O5/c1-7-26(5,25(34)30-28)14-16-35-27(6,8-2)13-15-29-23(32)21-17-19-11-12-20(31(9-3)10-4)18-22(19)36-24(21)33/h11-12,17-18H,7-10,13-16,28H2,1-6H3,(H,29,32)(H,30,34). The van der Waals surface area contributed by atoms with Crippen molar-refractivity contribution in [2.24, 2.45) is 11.3 Å². The van der Waals surface area contributed by atoms with Crippen molar-refractivity contribution in [3.05, 3.63) is 40.2 Å². The van der Waals surface area contributed by atoms with Crippen LogP contribution in [0.5, 0.6) is 0 Å². The van der Waals surface area contributed by atoms with Crippen LogP contribution in [0, 0.1) is 5.41 Å². The zero-order chi connectivity index (χ0) is 26.9. The summed E-state index contributed by atoms with van der Waals surface area (Å²) in [7, 11) is 0. The summed E-state index contributed by atoms with van der Waals surface area (Å²) in [5.74, 6) is 4.63. The highest BCUT2D eigenvalue weighted by molar-refractivity contribution is 5.97. The van der Waals surface area contributed by atoms with Crippen molar-refractivity contribution < 1.29 is 18.7 Å².